The second kappa shape index (κ2) is 7.03. The predicted molar refractivity (Wildman–Crippen MR) is 98.7 cm³/mol. The number of piperidine rings is 1. The topological polar surface area (TPSA) is 67.9 Å². The Kier molecular flexibility index (Phi) is 4.67. The molecule has 4 aliphatic carbocycles. The number of nitrogens with one attached hydrogen (secondary N) is 1. The minimum absolute atomic E-state index is 0.00907. The largest absolute Gasteiger partial charge is 0.348 e. The summed E-state index contributed by atoms with van der Waals surface area (Å²) in [5.74, 6) is 2.36. The number of amides is 2. The lowest BCUT2D eigenvalue weighted by molar-refractivity contribution is -0.153. The zero-order valence-corrected chi connectivity index (χ0v) is 16.2. The first-order valence-corrected chi connectivity index (χ1v) is 10.9. The van der Waals surface area contributed by atoms with E-state index in [1.807, 2.05) is 4.90 Å². The fourth-order valence-electron chi connectivity index (χ4n) is 6.98. The second-order valence-corrected chi connectivity index (χ2v) is 9.64. The van der Waals surface area contributed by atoms with Crippen LogP contribution in [0.2, 0.25) is 0 Å². The Labute approximate surface area is 161 Å². The first-order valence-electron chi connectivity index (χ1n) is 10.9. The molecule has 2 heterocycles. The molecule has 2 saturated heterocycles. The maximum Gasteiger partial charge on any atom is 0.242 e. The molecule has 1 N–H and O–H groups in total. The zero-order chi connectivity index (χ0) is 18.4. The fourth-order valence-corrected chi connectivity index (χ4v) is 6.98. The average molecular weight is 376 g/mol. The Morgan fingerprint density at radius 3 is 2.22 bits per heavy atom. The third kappa shape index (κ3) is 3.29. The fraction of sp³-hybridized carbons (Fsp3) is 0.905. The molecule has 4 saturated carbocycles. The maximum atomic E-state index is 13.1. The summed E-state index contributed by atoms with van der Waals surface area (Å²) in [5.41, 5.74) is -0.187. The second-order valence-electron chi connectivity index (χ2n) is 9.64. The molecule has 2 aliphatic heterocycles. The lowest BCUT2D eigenvalue weighted by Crippen LogP contribution is -2.56. The van der Waals surface area contributed by atoms with Gasteiger partial charge in [0, 0.05) is 12.0 Å². The molecule has 0 spiro atoms. The highest BCUT2D eigenvalue weighted by atomic mass is 16.7. The number of rotatable bonds is 4. The molecular formula is C21H32N2O4. The van der Waals surface area contributed by atoms with E-state index in [4.69, 9.17) is 9.47 Å². The minimum Gasteiger partial charge on any atom is -0.348 e. The number of carbonyl (C=O) groups is 2. The summed E-state index contributed by atoms with van der Waals surface area (Å²) in [4.78, 5) is 27.9. The Morgan fingerprint density at radius 2 is 1.59 bits per heavy atom. The van der Waals surface area contributed by atoms with Gasteiger partial charge in [0.05, 0.1) is 25.8 Å². The van der Waals surface area contributed by atoms with Crippen LogP contribution in [0.5, 0.6) is 0 Å². The molecule has 1 atom stereocenters. The number of carbonyl (C=O) groups excluding carboxylic acids is 2. The number of ether oxygens (including phenoxy) is 2. The minimum atomic E-state index is -0.298. The molecule has 0 aromatic heterocycles. The Bertz CT molecular complexity index is 566. The van der Waals surface area contributed by atoms with Crippen LogP contribution in [0.1, 0.15) is 57.8 Å². The number of hydrogen-bond acceptors (Lipinski definition) is 4. The van der Waals surface area contributed by atoms with Crippen LogP contribution in [0.4, 0.5) is 0 Å². The van der Waals surface area contributed by atoms with E-state index in [1.54, 1.807) is 0 Å². The quantitative estimate of drug-likeness (QED) is 0.816. The van der Waals surface area contributed by atoms with Crippen LogP contribution in [0.25, 0.3) is 0 Å². The molecule has 2 amide bonds. The van der Waals surface area contributed by atoms with Gasteiger partial charge in [-0.2, -0.15) is 0 Å². The lowest BCUT2D eigenvalue weighted by Gasteiger charge is -2.55. The molecule has 0 aromatic carbocycles. The Balaban J connectivity index is 1.20. The van der Waals surface area contributed by atoms with E-state index in [0.717, 1.165) is 62.8 Å². The van der Waals surface area contributed by atoms with Crippen molar-refractivity contribution in [1.29, 1.82) is 0 Å². The van der Waals surface area contributed by atoms with E-state index >= 15 is 0 Å². The summed E-state index contributed by atoms with van der Waals surface area (Å²) in [6, 6.07) is -0.00907. The van der Waals surface area contributed by atoms with Gasteiger partial charge in [0.15, 0.2) is 6.29 Å². The third-order valence-corrected chi connectivity index (χ3v) is 7.75. The summed E-state index contributed by atoms with van der Waals surface area (Å²) in [7, 11) is 0. The van der Waals surface area contributed by atoms with Crippen molar-refractivity contribution in [2.75, 3.05) is 26.3 Å². The highest BCUT2D eigenvalue weighted by Gasteiger charge is 2.54. The van der Waals surface area contributed by atoms with Gasteiger partial charge in [0.1, 0.15) is 0 Å². The van der Waals surface area contributed by atoms with Crippen LogP contribution in [-0.2, 0) is 19.1 Å². The highest BCUT2D eigenvalue weighted by molar-refractivity contribution is 5.88. The molecule has 0 radical (unpaired) electrons. The predicted octanol–water partition coefficient (Wildman–Crippen LogP) is 2.07. The van der Waals surface area contributed by atoms with Crippen molar-refractivity contribution in [2.24, 2.45) is 23.2 Å². The van der Waals surface area contributed by atoms with Gasteiger partial charge in [0.2, 0.25) is 11.8 Å². The van der Waals surface area contributed by atoms with Crippen LogP contribution >= 0.6 is 0 Å². The molecule has 4 bridgehead atoms. The molecule has 0 unspecified atom stereocenters. The van der Waals surface area contributed by atoms with E-state index in [9.17, 15) is 9.59 Å². The van der Waals surface area contributed by atoms with Crippen LogP contribution < -0.4 is 5.32 Å². The first kappa shape index (κ1) is 17.9. The van der Waals surface area contributed by atoms with Gasteiger partial charge in [-0.05, 0) is 75.5 Å². The van der Waals surface area contributed by atoms with Crippen molar-refractivity contribution < 1.29 is 19.1 Å². The standard InChI is InChI=1S/C21H32N2O4/c24-18(23-4-2-1-3-17(23)19-26-5-6-27-19)13-22-20(25)21-10-14-7-15(11-21)9-16(8-14)12-21/h14-17,19H,1-13H2,(H,22,25)/t14?,15?,16?,17-,21?/m1/s1. The lowest BCUT2D eigenvalue weighted by atomic mass is 9.49. The Morgan fingerprint density at radius 1 is 0.963 bits per heavy atom. The van der Waals surface area contributed by atoms with Crippen LogP contribution in [0, 0.1) is 23.2 Å². The van der Waals surface area contributed by atoms with Crippen molar-refractivity contribution in [3.63, 3.8) is 0 Å². The smallest absolute Gasteiger partial charge is 0.242 e. The van der Waals surface area contributed by atoms with E-state index in [1.165, 1.54) is 19.3 Å². The summed E-state index contributed by atoms with van der Waals surface area (Å²) in [6.45, 7) is 2.06. The molecular weight excluding hydrogens is 344 g/mol. The summed E-state index contributed by atoms with van der Waals surface area (Å²) in [6.07, 6.45) is 9.80. The van der Waals surface area contributed by atoms with Gasteiger partial charge in [0.25, 0.3) is 0 Å². The van der Waals surface area contributed by atoms with E-state index < -0.39 is 0 Å². The average Bonchev–Trinajstić information content (AvgIpc) is 3.19. The van der Waals surface area contributed by atoms with Crippen LogP contribution in [-0.4, -0.2) is 55.3 Å². The molecule has 6 nitrogen and oxygen atoms in total. The SMILES string of the molecule is O=C(CNC(=O)C12CC3CC(CC(C3)C1)C2)N1CCCC[C@@H]1C1OCCO1. The monoisotopic (exact) mass is 376 g/mol. The summed E-state index contributed by atoms with van der Waals surface area (Å²) < 4.78 is 11.3. The molecule has 6 rings (SSSR count). The van der Waals surface area contributed by atoms with E-state index in [-0.39, 0.29) is 36.1 Å². The molecule has 27 heavy (non-hydrogen) atoms. The van der Waals surface area contributed by atoms with Gasteiger partial charge in [-0.25, -0.2) is 0 Å². The number of hydrogen-bond donors (Lipinski definition) is 1. The molecule has 6 aliphatic rings. The first-order chi connectivity index (χ1) is 13.1. The van der Waals surface area contributed by atoms with Gasteiger partial charge >= 0.3 is 0 Å². The van der Waals surface area contributed by atoms with Crippen molar-refractivity contribution >= 4 is 11.8 Å². The van der Waals surface area contributed by atoms with E-state index in [0.29, 0.717) is 13.2 Å². The van der Waals surface area contributed by atoms with Crippen molar-refractivity contribution in [3.05, 3.63) is 0 Å². The van der Waals surface area contributed by atoms with Gasteiger partial charge in [-0.15, -0.1) is 0 Å². The maximum absolute atomic E-state index is 13.1. The van der Waals surface area contributed by atoms with Crippen molar-refractivity contribution in [1.82, 2.24) is 10.2 Å². The van der Waals surface area contributed by atoms with Gasteiger partial charge < -0.3 is 19.7 Å². The highest BCUT2D eigenvalue weighted by Crippen LogP contribution is 2.60. The zero-order valence-electron chi connectivity index (χ0n) is 16.2. The van der Waals surface area contributed by atoms with Gasteiger partial charge in [-0.1, -0.05) is 0 Å². The molecule has 0 aromatic rings. The normalized spacial score (nSPS) is 41.1. The van der Waals surface area contributed by atoms with Crippen molar-refractivity contribution in [3.8, 4) is 0 Å². The summed E-state index contributed by atoms with van der Waals surface area (Å²) >= 11 is 0. The van der Waals surface area contributed by atoms with E-state index in [2.05, 4.69) is 5.32 Å². The number of nitrogens with zero attached hydrogens (tertiary/aromatic N) is 1. The summed E-state index contributed by atoms with van der Waals surface area (Å²) in [5, 5.41) is 3.04. The molecule has 150 valence electrons. The number of likely N-dealkylation sites (tertiary alicyclic amines) is 1. The Hall–Kier alpha value is -1.14. The molecule has 6 heteroatoms. The van der Waals surface area contributed by atoms with Crippen LogP contribution in [0.3, 0.4) is 0 Å². The third-order valence-electron chi connectivity index (χ3n) is 7.75. The van der Waals surface area contributed by atoms with Crippen molar-refractivity contribution in [2.45, 2.75) is 70.1 Å². The van der Waals surface area contributed by atoms with Crippen LogP contribution in [0.15, 0.2) is 0 Å². The van der Waals surface area contributed by atoms with Gasteiger partial charge in [-0.3, -0.25) is 9.59 Å². The molecule has 6 fully saturated rings.